The van der Waals surface area contributed by atoms with Crippen LogP contribution in [0.15, 0.2) is 18.2 Å². The summed E-state index contributed by atoms with van der Waals surface area (Å²) in [7, 11) is 0. The Hall–Kier alpha value is -1.22. The van der Waals surface area contributed by atoms with E-state index < -0.39 is 5.97 Å². The fourth-order valence-electron chi connectivity index (χ4n) is 1.21. The van der Waals surface area contributed by atoms with Gasteiger partial charge in [-0.25, -0.2) is 4.79 Å². The van der Waals surface area contributed by atoms with E-state index in [2.05, 4.69) is 5.32 Å². The van der Waals surface area contributed by atoms with Gasteiger partial charge in [0.1, 0.15) is 0 Å². The topological polar surface area (TPSA) is 49.3 Å². The van der Waals surface area contributed by atoms with Crippen molar-refractivity contribution in [1.29, 1.82) is 0 Å². The molecule has 2 N–H and O–H groups in total. The number of carbonyl (C=O) groups is 1. The SMILES string of the molecule is O=C(O)c1ccc(NC2CC2)c(Cl)c1. The molecule has 0 aromatic heterocycles. The first-order chi connectivity index (χ1) is 6.66. The molecular formula is C10H10ClNO2. The van der Waals surface area contributed by atoms with Crippen LogP contribution in [0.2, 0.25) is 5.02 Å². The molecule has 0 atom stereocenters. The summed E-state index contributed by atoms with van der Waals surface area (Å²) in [5.74, 6) is -0.954. The van der Waals surface area contributed by atoms with Gasteiger partial charge in [0.25, 0.3) is 0 Å². The molecule has 0 aliphatic heterocycles. The maximum Gasteiger partial charge on any atom is 0.335 e. The molecule has 2 rings (SSSR count). The summed E-state index contributed by atoms with van der Waals surface area (Å²) < 4.78 is 0. The van der Waals surface area contributed by atoms with E-state index in [1.807, 2.05) is 0 Å². The summed E-state index contributed by atoms with van der Waals surface area (Å²) in [6.07, 6.45) is 2.33. The van der Waals surface area contributed by atoms with Crippen molar-refractivity contribution >= 4 is 23.3 Å². The van der Waals surface area contributed by atoms with Crippen LogP contribution in [0, 0.1) is 0 Å². The van der Waals surface area contributed by atoms with Crippen molar-refractivity contribution in [2.24, 2.45) is 0 Å². The van der Waals surface area contributed by atoms with Crippen molar-refractivity contribution in [2.75, 3.05) is 5.32 Å². The van der Waals surface area contributed by atoms with Crippen LogP contribution in [-0.4, -0.2) is 17.1 Å². The molecule has 74 valence electrons. The molecule has 3 nitrogen and oxygen atoms in total. The Bertz CT molecular complexity index is 374. The quantitative estimate of drug-likeness (QED) is 0.808. The number of carboxylic acids is 1. The highest BCUT2D eigenvalue weighted by molar-refractivity contribution is 6.33. The zero-order chi connectivity index (χ0) is 10.1. The van der Waals surface area contributed by atoms with Gasteiger partial charge in [-0.2, -0.15) is 0 Å². The Morgan fingerprint density at radius 1 is 1.50 bits per heavy atom. The van der Waals surface area contributed by atoms with E-state index in [0.29, 0.717) is 11.1 Å². The molecule has 14 heavy (non-hydrogen) atoms. The molecule has 1 aromatic rings. The van der Waals surface area contributed by atoms with E-state index in [1.165, 1.54) is 6.07 Å². The van der Waals surface area contributed by atoms with Crippen LogP contribution in [-0.2, 0) is 0 Å². The molecule has 1 fully saturated rings. The zero-order valence-electron chi connectivity index (χ0n) is 7.46. The lowest BCUT2D eigenvalue weighted by Crippen LogP contribution is -2.03. The Labute approximate surface area is 86.7 Å². The molecule has 1 aromatic carbocycles. The van der Waals surface area contributed by atoms with E-state index in [1.54, 1.807) is 12.1 Å². The number of aromatic carboxylic acids is 1. The molecule has 0 heterocycles. The summed E-state index contributed by atoms with van der Waals surface area (Å²) >= 11 is 5.92. The number of rotatable bonds is 3. The smallest absolute Gasteiger partial charge is 0.335 e. The first kappa shape index (κ1) is 9.34. The lowest BCUT2D eigenvalue weighted by atomic mass is 10.2. The van der Waals surface area contributed by atoms with E-state index in [4.69, 9.17) is 16.7 Å². The minimum Gasteiger partial charge on any atom is -0.478 e. The van der Waals surface area contributed by atoms with Gasteiger partial charge in [0.05, 0.1) is 16.3 Å². The second kappa shape index (κ2) is 3.50. The molecule has 0 spiro atoms. The highest BCUT2D eigenvalue weighted by Crippen LogP contribution is 2.29. The maximum absolute atomic E-state index is 10.6. The van der Waals surface area contributed by atoms with Crippen LogP contribution in [0.3, 0.4) is 0 Å². The van der Waals surface area contributed by atoms with Gasteiger partial charge in [-0.05, 0) is 31.0 Å². The third kappa shape index (κ3) is 1.99. The molecule has 1 aliphatic carbocycles. The van der Waals surface area contributed by atoms with Gasteiger partial charge in [0.2, 0.25) is 0 Å². The first-order valence-corrected chi connectivity index (χ1v) is 4.84. The van der Waals surface area contributed by atoms with Gasteiger partial charge < -0.3 is 10.4 Å². The lowest BCUT2D eigenvalue weighted by molar-refractivity contribution is 0.0697. The average molecular weight is 212 g/mol. The van der Waals surface area contributed by atoms with Crippen LogP contribution >= 0.6 is 11.6 Å². The third-order valence-corrected chi connectivity index (χ3v) is 2.47. The fraction of sp³-hybridized carbons (Fsp3) is 0.300. The number of benzene rings is 1. The number of halogens is 1. The third-order valence-electron chi connectivity index (χ3n) is 2.15. The van der Waals surface area contributed by atoms with Crippen LogP contribution in [0.1, 0.15) is 23.2 Å². The van der Waals surface area contributed by atoms with Gasteiger partial charge in [0.15, 0.2) is 0 Å². The highest BCUT2D eigenvalue weighted by atomic mass is 35.5. The predicted molar refractivity (Wildman–Crippen MR) is 55.1 cm³/mol. The van der Waals surface area contributed by atoms with Crippen molar-refractivity contribution < 1.29 is 9.90 Å². The molecule has 0 saturated heterocycles. The van der Waals surface area contributed by atoms with Crippen molar-refractivity contribution in [3.63, 3.8) is 0 Å². The van der Waals surface area contributed by atoms with Gasteiger partial charge in [-0.1, -0.05) is 11.6 Å². The predicted octanol–water partition coefficient (Wildman–Crippen LogP) is 2.61. The molecule has 0 radical (unpaired) electrons. The Kier molecular flexibility index (Phi) is 2.33. The van der Waals surface area contributed by atoms with Crippen LogP contribution in [0.25, 0.3) is 0 Å². The largest absolute Gasteiger partial charge is 0.478 e. The standard InChI is InChI=1S/C10H10ClNO2/c11-8-5-6(10(13)14)1-4-9(8)12-7-2-3-7/h1,4-5,7,12H,2-3H2,(H,13,14). The number of carboxylic acid groups (broad SMARTS) is 1. The van der Waals surface area contributed by atoms with Crippen LogP contribution in [0.5, 0.6) is 0 Å². The number of nitrogens with one attached hydrogen (secondary N) is 1. The van der Waals surface area contributed by atoms with E-state index in [-0.39, 0.29) is 5.56 Å². The normalized spacial score (nSPS) is 15.2. The zero-order valence-corrected chi connectivity index (χ0v) is 8.21. The van der Waals surface area contributed by atoms with E-state index in [0.717, 1.165) is 18.5 Å². The van der Waals surface area contributed by atoms with E-state index >= 15 is 0 Å². The van der Waals surface area contributed by atoms with Crippen LogP contribution < -0.4 is 5.32 Å². The van der Waals surface area contributed by atoms with Crippen molar-refractivity contribution in [1.82, 2.24) is 0 Å². The highest BCUT2D eigenvalue weighted by Gasteiger charge is 2.21. The molecule has 1 aliphatic rings. The summed E-state index contributed by atoms with van der Waals surface area (Å²) in [5, 5.41) is 12.4. The molecule has 0 bridgehead atoms. The molecular weight excluding hydrogens is 202 g/mol. The minimum atomic E-state index is -0.954. The van der Waals surface area contributed by atoms with Crippen molar-refractivity contribution in [3.05, 3.63) is 28.8 Å². The Morgan fingerprint density at radius 3 is 2.71 bits per heavy atom. The summed E-state index contributed by atoms with van der Waals surface area (Å²) in [5.41, 5.74) is 1.04. The number of hydrogen-bond donors (Lipinski definition) is 2. The minimum absolute atomic E-state index is 0.219. The van der Waals surface area contributed by atoms with Crippen LogP contribution in [0.4, 0.5) is 5.69 Å². The Balaban J connectivity index is 2.21. The van der Waals surface area contributed by atoms with E-state index in [9.17, 15) is 4.79 Å². The Morgan fingerprint density at radius 2 is 2.21 bits per heavy atom. The van der Waals surface area contributed by atoms with Gasteiger partial charge >= 0.3 is 5.97 Å². The van der Waals surface area contributed by atoms with Crippen molar-refractivity contribution in [2.45, 2.75) is 18.9 Å². The molecule has 0 amide bonds. The fourth-order valence-corrected chi connectivity index (χ4v) is 1.45. The maximum atomic E-state index is 10.6. The number of hydrogen-bond acceptors (Lipinski definition) is 2. The van der Waals surface area contributed by atoms with Gasteiger partial charge in [-0.15, -0.1) is 0 Å². The lowest BCUT2D eigenvalue weighted by Gasteiger charge is -2.06. The molecule has 1 saturated carbocycles. The molecule has 0 unspecified atom stereocenters. The summed E-state index contributed by atoms with van der Waals surface area (Å²) in [4.78, 5) is 10.6. The van der Waals surface area contributed by atoms with Gasteiger partial charge in [-0.3, -0.25) is 0 Å². The average Bonchev–Trinajstić information content (AvgIpc) is 2.92. The second-order valence-electron chi connectivity index (χ2n) is 3.42. The molecule has 4 heteroatoms. The summed E-state index contributed by atoms with van der Waals surface area (Å²) in [6, 6.07) is 5.25. The second-order valence-corrected chi connectivity index (χ2v) is 3.83. The summed E-state index contributed by atoms with van der Waals surface area (Å²) in [6.45, 7) is 0. The number of anilines is 1. The van der Waals surface area contributed by atoms with Gasteiger partial charge in [0, 0.05) is 6.04 Å². The monoisotopic (exact) mass is 211 g/mol. The first-order valence-electron chi connectivity index (χ1n) is 4.46. The van der Waals surface area contributed by atoms with Crippen molar-refractivity contribution in [3.8, 4) is 0 Å².